The molecule has 1 saturated heterocycles. The van der Waals surface area contributed by atoms with Gasteiger partial charge < -0.3 is 15.1 Å². The fraction of sp³-hybridized carbons (Fsp3) is 0.250. The van der Waals surface area contributed by atoms with Crippen LogP contribution in [-0.4, -0.2) is 41.8 Å². The maximum Gasteiger partial charge on any atom is 0.256 e. The number of hydrogen-bond acceptors (Lipinski definition) is 3. The van der Waals surface area contributed by atoms with Crippen molar-refractivity contribution in [3.05, 3.63) is 59.7 Å². The molecule has 1 atom stereocenters. The van der Waals surface area contributed by atoms with Gasteiger partial charge in [0, 0.05) is 12.6 Å². The van der Waals surface area contributed by atoms with Crippen LogP contribution in [0.4, 0.5) is 20.2 Å². The van der Waals surface area contributed by atoms with Crippen molar-refractivity contribution in [1.82, 2.24) is 4.90 Å². The van der Waals surface area contributed by atoms with Crippen LogP contribution in [0.15, 0.2) is 42.5 Å². The number of fused-ring (bicyclic) bond motifs is 2. The summed E-state index contributed by atoms with van der Waals surface area (Å²) in [5.41, 5.74) is 0.517. The van der Waals surface area contributed by atoms with E-state index in [1.807, 2.05) is 0 Å². The Morgan fingerprint density at radius 3 is 2.71 bits per heavy atom. The normalized spacial score (nSPS) is 18.6. The zero-order valence-electron chi connectivity index (χ0n) is 14.8. The summed E-state index contributed by atoms with van der Waals surface area (Å²) in [7, 11) is 0. The number of nitrogens with zero attached hydrogens (tertiary/aromatic N) is 2. The van der Waals surface area contributed by atoms with Gasteiger partial charge in [0.2, 0.25) is 11.8 Å². The number of rotatable bonds is 3. The minimum atomic E-state index is -0.909. The molecule has 0 aliphatic carbocycles. The summed E-state index contributed by atoms with van der Waals surface area (Å²) in [6.07, 6.45) is 1.24. The molecule has 0 aromatic heterocycles. The highest BCUT2D eigenvalue weighted by molar-refractivity contribution is 6.13. The standard InChI is InChI=1S/C20H17F2N3O3/c21-12-7-8-15(14(22)10-12)23-18(26)11-25-16-5-2-1-4-13(16)19(27)24-9-3-6-17(24)20(25)28/h1-2,4-5,7-8,10,17H,3,6,9,11H2,(H,23,26). The third-order valence-corrected chi connectivity index (χ3v) is 5.00. The monoisotopic (exact) mass is 385 g/mol. The SMILES string of the molecule is O=C(CN1C(=O)C2CCCN2C(=O)c2ccccc21)Nc1ccc(F)cc1F. The second-order valence-corrected chi connectivity index (χ2v) is 6.77. The summed E-state index contributed by atoms with van der Waals surface area (Å²) in [6.45, 7) is 0.106. The summed E-state index contributed by atoms with van der Waals surface area (Å²) in [5, 5.41) is 2.35. The van der Waals surface area contributed by atoms with Gasteiger partial charge in [0.05, 0.1) is 16.9 Å². The van der Waals surface area contributed by atoms with E-state index in [4.69, 9.17) is 0 Å². The molecule has 1 unspecified atom stereocenters. The van der Waals surface area contributed by atoms with Crippen molar-refractivity contribution < 1.29 is 23.2 Å². The van der Waals surface area contributed by atoms with Gasteiger partial charge in [-0.3, -0.25) is 14.4 Å². The molecule has 0 spiro atoms. The van der Waals surface area contributed by atoms with Gasteiger partial charge in [0.25, 0.3) is 5.91 Å². The molecule has 2 aromatic carbocycles. The lowest BCUT2D eigenvalue weighted by molar-refractivity contribution is -0.124. The number of nitrogens with one attached hydrogen (secondary N) is 1. The van der Waals surface area contributed by atoms with Crippen LogP contribution in [0.3, 0.4) is 0 Å². The van der Waals surface area contributed by atoms with Crippen LogP contribution in [0.5, 0.6) is 0 Å². The Hall–Kier alpha value is -3.29. The highest BCUT2D eigenvalue weighted by atomic mass is 19.1. The van der Waals surface area contributed by atoms with Crippen LogP contribution in [-0.2, 0) is 9.59 Å². The molecule has 1 N–H and O–H groups in total. The lowest BCUT2D eigenvalue weighted by atomic mass is 10.1. The van der Waals surface area contributed by atoms with Crippen molar-refractivity contribution in [2.75, 3.05) is 23.3 Å². The molecule has 0 radical (unpaired) electrons. The van der Waals surface area contributed by atoms with Gasteiger partial charge in [-0.1, -0.05) is 12.1 Å². The number of para-hydroxylation sites is 1. The maximum atomic E-state index is 13.8. The van der Waals surface area contributed by atoms with Crippen LogP contribution in [0.1, 0.15) is 23.2 Å². The molecule has 2 aliphatic rings. The van der Waals surface area contributed by atoms with Gasteiger partial charge in [0.15, 0.2) is 0 Å². The minimum Gasteiger partial charge on any atom is -0.327 e. The molecule has 2 aromatic rings. The van der Waals surface area contributed by atoms with E-state index in [-0.39, 0.29) is 24.0 Å². The van der Waals surface area contributed by atoms with Gasteiger partial charge >= 0.3 is 0 Å². The summed E-state index contributed by atoms with van der Waals surface area (Å²) >= 11 is 0. The second-order valence-electron chi connectivity index (χ2n) is 6.77. The Kier molecular flexibility index (Phi) is 4.54. The summed E-state index contributed by atoms with van der Waals surface area (Å²) in [6, 6.07) is 8.80. The predicted molar refractivity (Wildman–Crippen MR) is 97.8 cm³/mol. The van der Waals surface area contributed by atoms with E-state index in [2.05, 4.69) is 5.32 Å². The van der Waals surface area contributed by atoms with E-state index < -0.39 is 23.6 Å². The maximum absolute atomic E-state index is 13.8. The second kappa shape index (κ2) is 7.03. The highest BCUT2D eigenvalue weighted by Crippen LogP contribution is 2.32. The Morgan fingerprint density at radius 1 is 1.14 bits per heavy atom. The first kappa shape index (κ1) is 18.1. The number of halogens is 2. The number of amides is 3. The zero-order chi connectivity index (χ0) is 19.8. The topological polar surface area (TPSA) is 69.7 Å². The Morgan fingerprint density at radius 2 is 1.93 bits per heavy atom. The molecule has 0 saturated carbocycles. The third-order valence-electron chi connectivity index (χ3n) is 5.00. The molecule has 6 nitrogen and oxygen atoms in total. The van der Waals surface area contributed by atoms with Gasteiger partial charge in [-0.05, 0) is 37.1 Å². The van der Waals surface area contributed by atoms with Crippen molar-refractivity contribution in [2.24, 2.45) is 0 Å². The molecule has 4 rings (SSSR count). The Balaban J connectivity index is 1.63. The van der Waals surface area contributed by atoms with Gasteiger partial charge in [-0.15, -0.1) is 0 Å². The van der Waals surface area contributed by atoms with Gasteiger partial charge in [0.1, 0.15) is 24.2 Å². The van der Waals surface area contributed by atoms with Crippen molar-refractivity contribution in [2.45, 2.75) is 18.9 Å². The number of hydrogen-bond donors (Lipinski definition) is 1. The molecule has 2 heterocycles. The number of carbonyl (C=O) groups is 3. The zero-order valence-corrected chi connectivity index (χ0v) is 14.8. The van der Waals surface area contributed by atoms with Crippen molar-refractivity contribution in [1.29, 1.82) is 0 Å². The first-order valence-corrected chi connectivity index (χ1v) is 8.92. The average Bonchev–Trinajstić information content (AvgIpc) is 3.14. The fourth-order valence-corrected chi connectivity index (χ4v) is 3.70. The van der Waals surface area contributed by atoms with E-state index >= 15 is 0 Å². The van der Waals surface area contributed by atoms with E-state index in [0.717, 1.165) is 12.1 Å². The molecule has 8 heteroatoms. The van der Waals surface area contributed by atoms with E-state index in [1.54, 1.807) is 29.2 Å². The summed E-state index contributed by atoms with van der Waals surface area (Å²) < 4.78 is 26.8. The Labute approximate surface area is 159 Å². The first-order chi connectivity index (χ1) is 13.5. The lowest BCUT2D eigenvalue weighted by Gasteiger charge is -2.25. The van der Waals surface area contributed by atoms with Gasteiger partial charge in [-0.25, -0.2) is 8.78 Å². The molecule has 2 aliphatic heterocycles. The van der Waals surface area contributed by atoms with Crippen LogP contribution in [0, 0.1) is 11.6 Å². The van der Waals surface area contributed by atoms with Gasteiger partial charge in [-0.2, -0.15) is 0 Å². The number of carbonyl (C=O) groups excluding carboxylic acids is 3. The van der Waals surface area contributed by atoms with E-state index in [1.165, 1.54) is 4.90 Å². The fourth-order valence-electron chi connectivity index (χ4n) is 3.70. The van der Waals surface area contributed by atoms with E-state index in [0.29, 0.717) is 36.7 Å². The molecule has 3 amide bonds. The molecule has 144 valence electrons. The van der Waals surface area contributed by atoms with Crippen molar-refractivity contribution in [3.8, 4) is 0 Å². The molecule has 1 fully saturated rings. The summed E-state index contributed by atoms with van der Waals surface area (Å²) in [4.78, 5) is 41.2. The largest absolute Gasteiger partial charge is 0.327 e. The van der Waals surface area contributed by atoms with Crippen LogP contribution < -0.4 is 10.2 Å². The lowest BCUT2D eigenvalue weighted by Crippen LogP contribution is -2.47. The van der Waals surface area contributed by atoms with Crippen LogP contribution >= 0.6 is 0 Å². The molecular weight excluding hydrogens is 368 g/mol. The minimum absolute atomic E-state index is 0.180. The first-order valence-electron chi connectivity index (χ1n) is 8.92. The van der Waals surface area contributed by atoms with Crippen LogP contribution in [0.25, 0.3) is 0 Å². The van der Waals surface area contributed by atoms with Crippen molar-refractivity contribution >= 4 is 29.1 Å². The highest BCUT2D eigenvalue weighted by Gasteiger charge is 2.42. The smallest absolute Gasteiger partial charge is 0.256 e. The number of anilines is 2. The van der Waals surface area contributed by atoms with Crippen LogP contribution in [0.2, 0.25) is 0 Å². The number of benzene rings is 2. The van der Waals surface area contributed by atoms with Crippen molar-refractivity contribution in [3.63, 3.8) is 0 Å². The average molecular weight is 385 g/mol. The summed E-state index contributed by atoms with van der Waals surface area (Å²) in [5.74, 6) is -2.89. The molecule has 28 heavy (non-hydrogen) atoms. The molecular formula is C20H17F2N3O3. The Bertz CT molecular complexity index is 979. The third kappa shape index (κ3) is 3.11. The predicted octanol–water partition coefficient (Wildman–Crippen LogP) is 2.55. The quantitative estimate of drug-likeness (QED) is 0.883. The van der Waals surface area contributed by atoms with E-state index in [9.17, 15) is 23.2 Å². The molecule has 0 bridgehead atoms.